The quantitative estimate of drug-likeness (QED) is 0.814. The standard InChI is InChI=1S/C16H17NOS2/c18-14(11-20-15-7-4-10-19-15)17-16(13-8-9-13)12-5-2-1-3-6-12/h1-7,10,13,16H,8-9,11H2,(H,17,18). The maximum Gasteiger partial charge on any atom is 0.230 e. The molecule has 20 heavy (non-hydrogen) atoms. The van der Waals surface area contributed by atoms with Crippen LogP contribution in [0.2, 0.25) is 0 Å². The fourth-order valence-corrected chi connectivity index (χ4v) is 3.86. The molecule has 2 nitrogen and oxygen atoms in total. The van der Waals surface area contributed by atoms with Gasteiger partial charge in [-0.2, -0.15) is 0 Å². The summed E-state index contributed by atoms with van der Waals surface area (Å²) in [6.07, 6.45) is 2.44. The molecule has 0 spiro atoms. The molecule has 1 aliphatic rings. The maximum atomic E-state index is 12.1. The predicted molar refractivity (Wildman–Crippen MR) is 85.1 cm³/mol. The van der Waals surface area contributed by atoms with Crippen LogP contribution in [0.15, 0.2) is 52.1 Å². The monoisotopic (exact) mass is 303 g/mol. The molecule has 4 heteroatoms. The van der Waals surface area contributed by atoms with Gasteiger partial charge in [0.25, 0.3) is 0 Å². The molecule has 104 valence electrons. The first-order valence-electron chi connectivity index (χ1n) is 6.83. The number of hydrogen-bond acceptors (Lipinski definition) is 3. The number of thioether (sulfide) groups is 1. The summed E-state index contributed by atoms with van der Waals surface area (Å²) in [7, 11) is 0. The van der Waals surface area contributed by atoms with Crippen LogP contribution in [0, 0.1) is 5.92 Å². The van der Waals surface area contributed by atoms with Crippen molar-refractivity contribution in [3.63, 3.8) is 0 Å². The molecular weight excluding hydrogens is 286 g/mol. The Morgan fingerprint density at radius 2 is 2.05 bits per heavy atom. The van der Waals surface area contributed by atoms with Gasteiger partial charge in [-0.1, -0.05) is 36.4 Å². The van der Waals surface area contributed by atoms with Crippen LogP contribution in [0.3, 0.4) is 0 Å². The molecule has 3 rings (SSSR count). The molecule has 1 aromatic heterocycles. The lowest BCUT2D eigenvalue weighted by Gasteiger charge is -2.18. The second kappa shape index (κ2) is 6.46. The first-order valence-corrected chi connectivity index (χ1v) is 8.70. The van der Waals surface area contributed by atoms with E-state index in [4.69, 9.17) is 0 Å². The summed E-state index contributed by atoms with van der Waals surface area (Å²) in [5.74, 6) is 1.24. The van der Waals surface area contributed by atoms with Crippen molar-refractivity contribution in [1.29, 1.82) is 0 Å². The number of hydrogen-bond donors (Lipinski definition) is 1. The number of carbonyl (C=O) groups excluding carboxylic acids is 1. The minimum atomic E-state index is 0.129. The van der Waals surface area contributed by atoms with E-state index in [9.17, 15) is 4.79 Å². The van der Waals surface area contributed by atoms with Gasteiger partial charge in [-0.3, -0.25) is 4.79 Å². The normalized spacial score (nSPS) is 15.8. The van der Waals surface area contributed by atoms with Gasteiger partial charge in [0.2, 0.25) is 5.91 Å². The summed E-state index contributed by atoms with van der Waals surface area (Å²) >= 11 is 3.29. The van der Waals surface area contributed by atoms with E-state index in [1.165, 1.54) is 22.6 Å². The van der Waals surface area contributed by atoms with E-state index in [1.807, 2.05) is 29.6 Å². The molecule has 2 aromatic rings. The van der Waals surface area contributed by atoms with Crippen LogP contribution < -0.4 is 5.32 Å². The minimum absolute atomic E-state index is 0.129. The molecule has 0 radical (unpaired) electrons. The summed E-state index contributed by atoms with van der Waals surface area (Å²) < 4.78 is 1.20. The number of rotatable bonds is 6. The Morgan fingerprint density at radius 1 is 1.25 bits per heavy atom. The molecular formula is C16H17NOS2. The van der Waals surface area contributed by atoms with Crippen molar-refractivity contribution in [2.45, 2.75) is 23.1 Å². The molecule has 1 saturated carbocycles. The minimum Gasteiger partial charge on any atom is -0.348 e. The van der Waals surface area contributed by atoms with Crippen molar-refractivity contribution in [3.05, 3.63) is 53.4 Å². The second-order valence-electron chi connectivity index (χ2n) is 5.01. The Balaban J connectivity index is 1.58. The van der Waals surface area contributed by atoms with E-state index in [1.54, 1.807) is 23.1 Å². The highest BCUT2D eigenvalue weighted by atomic mass is 32.2. The molecule has 1 aliphatic carbocycles. The summed E-state index contributed by atoms with van der Waals surface area (Å²) in [4.78, 5) is 12.1. The van der Waals surface area contributed by atoms with Crippen LogP contribution >= 0.6 is 23.1 Å². The van der Waals surface area contributed by atoms with Crippen LogP contribution in [-0.4, -0.2) is 11.7 Å². The number of thiophene rings is 1. The molecule has 1 aromatic carbocycles. The molecule has 0 aliphatic heterocycles. The molecule has 1 fully saturated rings. The second-order valence-corrected chi connectivity index (χ2v) is 7.24. The number of benzene rings is 1. The van der Waals surface area contributed by atoms with Gasteiger partial charge >= 0.3 is 0 Å². The highest BCUT2D eigenvalue weighted by Crippen LogP contribution is 2.41. The van der Waals surface area contributed by atoms with Gasteiger partial charge in [-0.25, -0.2) is 0 Å². The highest BCUT2D eigenvalue weighted by molar-refractivity contribution is 8.01. The summed E-state index contributed by atoms with van der Waals surface area (Å²) in [6, 6.07) is 14.6. The fourth-order valence-electron chi connectivity index (χ4n) is 2.26. The third-order valence-electron chi connectivity index (χ3n) is 3.41. The molecule has 0 saturated heterocycles. The number of amides is 1. The van der Waals surface area contributed by atoms with Crippen molar-refractivity contribution in [2.75, 3.05) is 5.75 Å². The molecule has 1 unspecified atom stereocenters. The molecule has 1 heterocycles. The van der Waals surface area contributed by atoms with E-state index in [0.29, 0.717) is 11.7 Å². The SMILES string of the molecule is O=C(CSc1cccs1)NC(c1ccccc1)C1CC1. The number of nitrogens with one attached hydrogen (secondary N) is 1. The predicted octanol–water partition coefficient (Wildman–Crippen LogP) is 4.11. The lowest BCUT2D eigenvalue weighted by Crippen LogP contribution is -2.31. The fraction of sp³-hybridized carbons (Fsp3) is 0.312. The van der Waals surface area contributed by atoms with Gasteiger partial charge in [0.05, 0.1) is 16.0 Å². The Kier molecular flexibility index (Phi) is 4.43. The van der Waals surface area contributed by atoms with E-state index in [2.05, 4.69) is 23.5 Å². The van der Waals surface area contributed by atoms with E-state index < -0.39 is 0 Å². The zero-order chi connectivity index (χ0) is 13.8. The zero-order valence-electron chi connectivity index (χ0n) is 11.1. The average molecular weight is 303 g/mol. The molecule has 1 atom stereocenters. The number of carbonyl (C=O) groups is 1. The Labute approximate surface area is 127 Å². The van der Waals surface area contributed by atoms with Gasteiger partial charge in [0, 0.05) is 0 Å². The Hall–Kier alpha value is -1.26. The van der Waals surface area contributed by atoms with Crippen LogP contribution in [0.25, 0.3) is 0 Å². The molecule has 1 N–H and O–H groups in total. The van der Waals surface area contributed by atoms with E-state index >= 15 is 0 Å². The van der Waals surface area contributed by atoms with Gasteiger partial charge in [0.15, 0.2) is 0 Å². The Bertz CT molecular complexity index is 549. The highest BCUT2D eigenvalue weighted by Gasteiger charge is 2.33. The van der Waals surface area contributed by atoms with Gasteiger partial charge < -0.3 is 5.32 Å². The lowest BCUT2D eigenvalue weighted by molar-refractivity contribution is -0.119. The van der Waals surface area contributed by atoms with Crippen molar-refractivity contribution in [3.8, 4) is 0 Å². The summed E-state index contributed by atoms with van der Waals surface area (Å²) in [6.45, 7) is 0. The van der Waals surface area contributed by atoms with Crippen molar-refractivity contribution >= 4 is 29.0 Å². The topological polar surface area (TPSA) is 29.1 Å². The maximum absolute atomic E-state index is 12.1. The van der Waals surface area contributed by atoms with Crippen molar-refractivity contribution in [2.24, 2.45) is 5.92 Å². The molecule has 1 amide bonds. The summed E-state index contributed by atoms with van der Waals surface area (Å²) in [5, 5.41) is 5.24. The van der Waals surface area contributed by atoms with E-state index in [-0.39, 0.29) is 11.9 Å². The first-order chi connectivity index (χ1) is 9.83. The van der Waals surface area contributed by atoms with Crippen molar-refractivity contribution in [1.82, 2.24) is 5.32 Å². The van der Waals surface area contributed by atoms with Gasteiger partial charge in [-0.05, 0) is 35.8 Å². The third-order valence-corrected chi connectivity index (χ3v) is 5.54. The van der Waals surface area contributed by atoms with Crippen molar-refractivity contribution < 1.29 is 4.79 Å². The van der Waals surface area contributed by atoms with E-state index in [0.717, 1.165) is 0 Å². The first kappa shape index (κ1) is 13.7. The Morgan fingerprint density at radius 3 is 2.70 bits per heavy atom. The largest absolute Gasteiger partial charge is 0.348 e. The van der Waals surface area contributed by atoms with Gasteiger partial charge in [-0.15, -0.1) is 23.1 Å². The van der Waals surface area contributed by atoms with Crippen LogP contribution in [-0.2, 0) is 4.79 Å². The zero-order valence-corrected chi connectivity index (χ0v) is 12.8. The van der Waals surface area contributed by atoms with Crippen LogP contribution in [0.4, 0.5) is 0 Å². The smallest absolute Gasteiger partial charge is 0.230 e. The summed E-state index contributed by atoms with van der Waals surface area (Å²) in [5.41, 5.74) is 1.23. The van der Waals surface area contributed by atoms with Gasteiger partial charge in [0.1, 0.15) is 0 Å². The average Bonchev–Trinajstić information content (AvgIpc) is 3.19. The molecule has 0 bridgehead atoms. The third kappa shape index (κ3) is 3.64. The lowest BCUT2D eigenvalue weighted by atomic mass is 10.0. The van der Waals surface area contributed by atoms with Crippen LogP contribution in [0.5, 0.6) is 0 Å². The van der Waals surface area contributed by atoms with Crippen LogP contribution in [0.1, 0.15) is 24.4 Å².